The number of rotatable bonds is 3. The molecule has 0 spiro atoms. The van der Waals surface area contributed by atoms with Crippen LogP contribution in [0.3, 0.4) is 0 Å². The van der Waals surface area contributed by atoms with Gasteiger partial charge in [0.1, 0.15) is 5.82 Å². The number of nitrogen functional groups attached to an aromatic ring is 1. The molecule has 1 heterocycles. The van der Waals surface area contributed by atoms with Gasteiger partial charge in [-0.15, -0.1) is 11.3 Å². The number of hydrogen-bond acceptors (Lipinski definition) is 4. The molecule has 1 aromatic rings. The maximum Gasteiger partial charge on any atom is 0.138 e. The number of aromatic nitrogens is 1. The summed E-state index contributed by atoms with van der Waals surface area (Å²) in [5, 5.41) is 3.39. The molecule has 1 aromatic heterocycles. The first kappa shape index (κ1) is 7.06. The Balaban J connectivity index is 1.89. The summed E-state index contributed by atoms with van der Waals surface area (Å²) in [5.41, 5.74) is 7.40. The molecule has 0 bridgehead atoms. The van der Waals surface area contributed by atoms with Crippen LogP contribution in [0.15, 0.2) is 5.51 Å². The van der Waals surface area contributed by atoms with Gasteiger partial charge in [-0.1, -0.05) is 0 Å². The van der Waals surface area contributed by atoms with Crippen LogP contribution >= 0.6 is 11.3 Å². The predicted molar refractivity (Wildman–Crippen MR) is 46.4 cm³/mol. The third kappa shape index (κ3) is 1.70. The number of nitrogens with zero attached hydrogens (tertiary/aromatic N) is 1. The van der Waals surface area contributed by atoms with Crippen LogP contribution in [0.2, 0.25) is 0 Å². The number of nitrogens with two attached hydrogens (primary N) is 1. The van der Waals surface area contributed by atoms with Gasteiger partial charge in [0.05, 0.1) is 10.4 Å². The van der Waals surface area contributed by atoms with Crippen molar-refractivity contribution in [3.8, 4) is 0 Å². The normalized spacial score (nSPS) is 17.1. The zero-order chi connectivity index (χ0) is 7.68. The molecule has 3 nitrogen and oxygen atoms in total. The summed E-state index contributed by atoms with van der Waals surface area (Å²) in [7, 11) is 0. The number of thiazole rings is 1. The Morgan fingerprint density at radius 3 is 3.09 bits per heavy atom. The maximum atomic E-state index is 5.61. The van der Waals surface area contributed by atoms with Gasteiger partial charge in [-0.3, -0.25) is 0 Å². The lowest BCUT2D eigenvalue weighted by atomic mass is 10.5. The predicted octanol–water partition coefficient (Wildman–Crippen LogP) is 0.977. The first-order chi connectivity index (χ1) is 5.36. The zero-order valence-corrected chi connectivity index (χ0v) is 7.03. The Bertz CT molecular complexity index is 242. The molecule has 3 N–H and O–H groups in total. The Labute approximate surface area is 69.6 Å². The minimum Gasteiger partial charge on any atom is -0.383 e. The van der Waals surface area contributed by atoms with Crippen LogP contribution in [0.4, 0.5) is 5.82 Å². The van der Waals surface area contributed by atoms with Crippen molar-refractivity contribution in [2.75, 3.05) is 5.73 Å². The molecule has 0 saturated heterocycles. The topological polar surface area (TPSA) is 50.9 Å². The molecule has 0 unspecified atom stereocenters. The summed E-state index contributed by atoms with van der Waals surface area (Å²) in [6.45, 7) is 0.890. The lowest BCUT2D eigenvalue weighted by molar-refractivity contribution is 0.695. The Morgan fingerprint density at radius 1 is 1.73 bits per heavy atom. The number of hydrogen-bond donors (Lipinski definition) is 2. The first-order valence-electron chi connectivity index (χ1n) is 3.77. The highest BCUT2D eigenvalue weighted by Gasteiger charge is 2.20. The third-order valence-electron chi connectivity index (χ3n) is 1.80. The molecule has 1 aliphatic carbocycles. The molecular formula is C7H11N3S. The van der Waals surface area contributed by atoms with E-state index in [1.807, 2.05) is 0 Å². The van der Waals surface area contributed by atoms with Crippen molar-refractivity contribution in [2.45, 2.75) is 25.4 Å². The molecule has 0 aliphatic heterocycles. The number of anilines is 1. The second-order valence-electron chi connectivity index (χ2n) is 2.82. The average Bonchev–Trinajstić information content (AvgIpc) is 2.73. The standard InChI is InChI=1S/C7H11N3S/c8-7-6(11-4-10-7)3-9-5-1-2-5/h4-5,9H,1-3,8H2. The highest BCUT2D eigenvalue weighted by atomic mass is 32.1. The van der Waals surface area contributed by atoms with Crippen molar-refractivity contribution < 1.29 is 0 Å². The van der Waals surface area contributed by atoms with E-state index in [0.29, 0.717) is 5.82 Å². The van der Waals surface area contributed by atoms with E-state index in [1.54, 1.807) is 16.8 Å². The van der Waals surface area contributed by atoms with Crippen LogP contribution in [-0.4, -0.2) is 11.0 Å². The van der Waals surface area contributed by atoms with Crippen LogP contribution in [0.25, 0.3) is 0 Å². The fraction of sp³-hybridized carbons (Fsp3) is 0.571. The zero-order valence-electron chi connectivity index (χ0n) is 6.21. The van der Waals surface area contributed by atoms with Crippen molar-refractivity contribution >= 4 is 17.2 Å². The molecule has 1 fully saturated rings. The van der Waals surface area contributed by atoms with Gasteiger partial charge in [0.2, 0.25) is 0 Å². The van der Waals surface area contributed by atoms with E-state index in [2.05, 4.69) is 10.3 Å². The Hall–Kier alpha value is -0.610. The van der Waals surface area contributed by atoms with Crippen molar-refractivity contribution in [1.82, 2.24) is 10.3 Å². The lowest BCUT2D eigenvalue weighted by Gasteiger charge is -1.98. The fourth-order valence-corrected chi connectivity index (χ4v) is 1.57. The summed E-state index contributed by atoms with van der Waals surface area (Å²) in [6.07, 6.45) is 2.64. The largest absolute Gasteiger partial charge is 0.383 e. The van der Waals surface area contributed by atoms with E-state index in [4.69, 9.17) is 5.73 Å². The van der Waals surface area contributed by atoms with Crippen LogP contribution in [-0.2, 0) is 6.54 Å². The lowest BCUT2D eigenvalue weighted by Crippen LogP contribution is -2.15. The Kier molecular flexibility index (Phi) is 1.79. The fourth-order valence-electron chi connectivity index (χ4n) is 0.936. The molecule has 1 saturated carbocycles. The summed E-state index contributed by atoms with van der Waals surface area (Å²) < 4.78 is 0. The van der Waals surface area contributed by atoms with E-state index in [1.165, 1.54) is 12.8 Å². The van der Waals surface area contributed by atoms with E-state index in [9.17, 15) is 0 Å². The van der Waals surface area contributed by atoms with Crippen LogP contribution < -0.4 is 11.1 Å². The molecule has 0 aromatic carbocycles. The van der Waals surface area contributed by atoms with E-state index >= 15 is 0 Å². The van der Waals surface area contributed by atoms with E-state index in [0.717, 1.165) is 17.5 Å². The van der Waals surface area contributed by atoms with Gasteiger partial charge in [-0.2, -0.15) is 0 Å². The molecule has 1 aliphatic rings. The minimum absolute atomic E-state index is 0.683. The summed E-state index contributed by atoms with van der Waals surface area (Å²) in [6, 6.07) is 0.747. The highest BCUT2D eigenvalue weighted by molar-refractivity contribution is 7.10. The molecule has 0 radical (unpaired) electrons. The van der Waals surface area contributed by atoms with Crippen LogP contribution in [0.1, 0.15) is 17.7 Å². The first-order valence-corrected chi connectivity index (χ1v) is 4.65. The van der Waals surface area contributed by atoms with E-state index in [-0.39, 0.29) is 0 Å². The van der Waals surface area contributed by atoms with Gasteiger partial charge in [-0.05, 0) is 12.8 Å². The van der Waals surface area contributed by atoms with Crippen LogP contribution in [0.5, 0.6) is 0 Å². The second kappa shape index (κ2) is 2.79. The highest BCUT2D eigenvalue weighted by Crippen LogP contribution is 2.21. The van der Waals surface area contributed by atoms with E-state index < -0.39 is 0 Å². The molecule has 11 heavy (non-hydrogen) atoms. The summed E-state index contributed by atoms with van der Waals surface area (Å²) in [4.78, 5) is 5.14. The van der Waals surface area contributed by atoms with Gasteiger partial charge in [-0.25, -0.2) is 4.98 Å². The molecule has 0 atom stereocenters. The van der Waals surface area contributed by atoms with Crippen molar-refractivity contribution in [3.05, 3.63) is 10.4 Å². The quantitative estimate of drug-likeness (QED) is 0.709. The van der Waals surface area contributed by atoms with Gasteiger partial charge in [0, 0.05) is 12.6 Å². The second-order valence-corrected chi connectivity index (χ2v) is 3.76. The van der Waals surface area contributed by atoms with Crippen molar-refractivity contribution in [2.24, 2.45) is 0 Å². The molecule has 60 valence electrons. The number of nitrogens with one attached hydrogen (secondary N) is 1. The van der Waals surface area contributed by atoms with Crippen molar-refractivity contribution in [3.63, 3.8) is 0 Å². The van der Waals surface area contributed by atoms with Gasteiger partial charge in [0.25, 0.3) is 0 Å². The monoisotopic (exact) mass is 169 g/mol. The molecule has 4 heteroatoms. The molecule has 2 rings (SSSR count). The van der Waals surface area contributed by atoms with Crippen molar-refractivity contribution in [1.29, 1.82) is 0 Å². The smallest absolute Gasteiger partial charge is 0.138 e. The molecular weight excluding hydrogens is 158 g/mol. The average molecular weight is 169 g/mol. The Morgan fingerprint density at radius 2 is 2.55 bits per heavy atom. The third-order valence-corrected chi connectivity index (χ3v) is 2.65. The van der Waals surface area contributed by atoms with Crippen LogP contribution in [0, 0.1) is 0 Å². The van der Waals surface area contributed by atoms with Gasteiger partial charge < -0.3 is 11.1 Å². The SMILES string of the molecule is Nc1ncsc1CNC1CC1. The summed E-state index contributed by atoms with van der Waals surface area (Å²) in [5.74, 6) is 0.683. The van der Waals surface area contributed by atoms with Gasteiger partial charge in [0.15, 0.2) is 0 Å². The minimum atomic E-state index is 0.683. The summed E-state index contributed by atoms with van der Waals surface area (Å²) >= 11 is 1.62. The molecule has 0 amide bonds. The van der Waals surface area contributed by atoms with Gasteiger partial charge >= 0.3 is 0 Å². The maximum absolute atomic E-state index is 5.61.